The third-order valence-corrected chi connectivity index (χ3v) is 8.79. The Kier molecular flexibility index (Phi) is 7.05. The second kappa shape index (κ2) is 10.2. The predicted octanol–water partition coefficient (Wildman–Crippen LogP) is 3.14. The SMILES string of the molecule is COc1ccc(CNC(=O)[C@H]2[C@H](C(=O)NCCCCN3CCCC3)[C@H]3C=C[C@@H]2C32CC2)c(OC)c1. The van der Waals surface area contributed by atoms with Crippen molar-refractivity contribution in [3.63, 3.8) is 0 Å². The Balaban J connectivity index is 1.19. The molecule has 190 valence electrons. The molecule has 1 spiro atoms. The number of benzene rings is 1. The molecule has 4 atom stereocenters. The summed E-state index contributed by atoms with van der Waals surface area (Å²) in [5.74, 6) is 1.18. The zero-order valence-corrected chi connectivity index (χ0v) is 21.1. The summed E-state index contributed by atoms with van der Waals surface area (Å²) >= 11 is 0. The van der Waals surface area contributed by atoms with Crippen molar-refractivity contribution in [2.75, 3.05) is 40.4 Å². The number of rotatable bonds is 11. The van der Waals surface area contributed by atoms with Crippen LogP contribution in [0.2, 0.25) is 0 Å². The van der Waals surface area contributed by atoms with Gasteiger partial charge in [-0.3, -0.25) is 9.59 Å². The molecule has 0 aromatic heterocycles. The molecular weight excluding hydrogens is 442 g/mol. The zero-order chi connectivity index (χ0) is 24.4. The topological polar surface area (TPSA) is 79.9 Å². The maximum absolute atomic E-state index is 13.5. The number of hydrogen-bond donors (Lipinski definition) is 2. The van der Waals surface area contributed by atoms with Crippen LogP contribution in [0.15, 0.2) is 30.4 Å². The monoisotopic (exact) mass is 481 g/mol. The maximum Gasteiger partial charge on any atom is 0.224 e. The smallest absolute Gasteiger partial charge is 0.224 e. The number of hydrogen-bond acceptors (Lipinski definition) is 5. The Labute approximate surface area is 208 Å². The summed E-state index contributed by atoms with van der Waals surface area (Å²) in [6.07, 6.45) is 11.4. The van der Waals surface area contributed by atoms with Gasteiger partial charge in [-0.2, -0.15) is 0 Å². The van der Waals surface area contributed by atoms with Crippen molar-refractivity contribution in [1.82, 2.24) is 15.5 Å². The number of allylic oxidation sites excluding steroid dienone is 2. The summed E-state index contributed by atoms with van der Waals surface area (Å²) in [4.78, 5) is 29.4. The van der Waals surface area contributed by atoms with Crippen LogP contribution >= 0.6 is 0 Å². The lowest BCUT2D eigenvalue weighted by atomic mass is 9.81. The first kappa shape index (κ1) is 24.2. The van der Waals surface area contributed by atoms with E-state index in [1.807, 2.05) is 18.2 Å². The number of unbranched alkanes of at least 4 members (excludes halogenated alkanes) is 1. The first-order valence-corrected chi connectivity index (χ1v) is 13.2. The molecule has 1 aromatic rings. The summed E-state index contributed by atoms with van der Waals surface area (Å²) in [7, 11) is 3.23. The van der Waals surface area contributed by atoms with E-state index in [-0.39, 0.29) is 40.9 Å². The van der Waals surface area contributed by atoms with Crippen molar-refractivity contribution >= 4 is 11.8 Å². The number of nitrogens with one attached hydrogen (secondary N) is 2. The molecule has 3 aliphatic carbocycles. The summed E-state index contributed by atoms with van der Waals surface area (Å²) in [5.41, 5.74) is 1.03. The van der Waals surface area contributed by atoms with Gasteiger partial charge in [-0.1, -0.05) is 12.2 Å². The largest absolute Gasteiger partial charge is 0.497 e. The second-order valence-corrected chi connectivity index (χ2v) is 10.7. The van der Waals surface area contributed by atoms with Crippen LogP contribution in [0.4, 0.5) is 0 Å². The predicted molar refractivity (Wildman–Crippen MR) is 134 cm³/mol. The lowest BCUT2D eigenvalue weighted by Crippen LogP contribution is -2.44. The van der Waals surface area contributed by atoms with E-state index in [9.17, 15) is 9.59 Å². The van der Waals surface area contributed by atoms with Crippen LogP contribution in [-0.2, 0) is 16.1 Å². The minimum absolute atomic E-state index is 0.0276. The molecule has 1 aromatic carbocycles. The molecule has 7 heteroatoms. The summed E-state index contributed by atoms with van der Waals surface area (Å²) in [5, 5.41) is 6.30. The van der Waals surface area contributed by atoms with Crippen molar-refractivity contribution in [1.29, 1.82) is 0 Å². The molecule has 7 nitrogen and oxygen atoms in total. The Morgan fingerprint density at radius 3 is 2.29 bits per heavy atom. The normalized spacial score (nSPS) is 27.8. The average molecular weight is 482 g/mol. The van der Waals surface area contributed by atoms with Crippen molar-refractivity contribution in [3.05, 3.63) is 35.9 Å². The van der Waals surface area contributed by atoms with Crippen LogP contribution in [0.5, 0.6) is 11.5 Å². The van der Waals surface area contributed by atoms with Crippen molar-refractivity contribution < 1.29 is 19.1 Å². The van der Waals surface area contributed by atoms with Crippen LogP contribution in [0, 0.1) is 29.1 Å². The van der Waals surface area contributed by atoms with Gasteiger partial charge in [-0.05, 0) is 87.5 Å². The highest BCUT2D eigenvalue weighted by molar-refractivity contribution is 5.90. The van der Waals surface area contributed by atoms with Crippen LogP contribution in [0.1, 0.15) is 44.1 Å². The van der Waals surface area contributed by atoms with Gasteiger partial charge in [-0.25, -0.2) is 0 Å². The molecule has 4 aliphatic rings. The van der Waals surface area contributed by atoms with Crippen molar-refractivity contribution in [3.8, 4) is 11.5 Å². The van der Waals surface area contributed by atoms with Crippen LogP contribution in [-0.4, -0.2) is 57.1 Å². The number of likely N-dealkylation sites (tertiary alicyclic amines) is 1. The van der Waals surface area contributed by atoms with Gasteiger partial charge in [-0.15, -0.1) is 0 Å². The Hall–Kier alpha value is -2.54. The fraction of sp³-hybridized carbons (Fsp3) is 0.643. The van der Waals surface area contributed by atoms with Gasteiger partial charge in [0.15, 0.2) is 0 Å². The molecule has 2 N–H and O–H groups in total. The van der Waals surface area contributed by atoms with Crippen LogP contribution in [0.3, 0.4) is 0 Å². The molecule has 2 bridgehead atoms. The Morgan fingerprint density at radius 2 is 1.66 bits per heavy atom. The van der Waals surface area contributed by atoms with E-state index < -0.39 is 0 Å². The van der Waals surface area contributed by atoms with Gasteiger partial charge in [0.25, 0.3) is 0 Å². The Morgan fingerprint density at radius 1 is 0.971 bits per heavy atom. The van der Waals surface area contributed by atoms with Gasteiger partial charge in [0.2, 0.25) is 11.8 Å². The molecule has 1 saturated heterocycles. The van der Waals surface area contributed by atoms with E-state index in [0.717, 1.165) is 37.8 Å². The second-order valence-electron chi connectivity index (χ2n) is 10.7. The lowest BCUT2D eigenvalue weighted by Gasteiger charge is -2.26. The van der Waals surface area contributed by atoms with E-state index in [1.165, 1.54) is 25.9 Å². The molecule has 3 fully saturated rings. The maximum atomic E-state index is 13.5. The number of ether oxygens (including phenoxy) is 2. The van der Waals surface area contributed by atoms with Gasteiger partial charge in [0, 0.05) is 24.7 Å². The number of carbonyl (C=O) groups is 2. The fourth-order valence-electron chi connectivity index (χ4n) is 6.80. The fourth-order valence-corrected chi connectivity index (χ4v) is 6.80. The highest BCUT2D eigenvalue weighted by Crippen LogP contribution is 2.72. The number of nitrogens with zero attached hydrogens (tertiary/aromatic N) is 1. The minimum atomic E-state index is -0.304. The molecule has 35 heavy (non-hydrogen) atoms. The lowest BCUT2D eigenvalue weighted by molar-refractivity contribution is -0.135. The summed E-state index contributed by atoms with van der Waals surface area (Å²) < 4.78 is 10.8. The van der Waals surface area contributed by atoms with Gasteiger partial charge >= 0.3 is 0 Å². The molecule has 1 heterocycles. The Bertz CT molecular complexity index is 967. The van der Waals surface area contributed by atoms with Crippen molar-refractivity contribution in [2.45, 2.75) is 45.1 Å². The molecule has 1 aliphatic heterocycles. The van der Waals surface area contributed by atoms with E-state index in [1.54, 1.807) is 14.2 Å². The van der Waals surface area contributed by atoms with E-state index >= 15 is 0 Å². The van der Waals surface area contributed by atoms with Crippen molar-refractivity contribution in [2.24, 2.45) is 29.1 Å². The highest BCUT2D eigenvalue weighted by Gasteiger charge is 2.69. The molecule has 2 amide bonds. The van der Waals surface area contributed by atoms with E-state index in [4.69, 9.17) is 9.47 Å². The third-order valence-electron chi connectivity index (χ3n) is 8.79. The number of carbonyl (C=O) groups excluding carboxylic acids is 2. The molecule has 5 rings (SSSR count). The first-order valence-electron chi connectivity index (χ1n) is 13.2. The molecular formula is C28H39N3O4. The number of amides is 2. The molecule has 2 saturated carbocycles. The van der Waals surface area contributed by atoms with E-state index in [0.29, 0.717) is 24.6 Å². The van der Waals surface area contributed by atoms with Crippen LogP contribution in [0.25, 0.3) is 0 Å². The first-order chi connectivity index (χ1) is 17.1. The zero-order valence-electron chi connectivity index (χ0n) is 21.1. The summed E-state index contributed by atoms with van der Waals surface area (Å²) in [6.45, 7) is 4.60. The highest BCUT2D eigenvalue weighted by atomic mass is 16.5. The third kappa shape index (κ3) is 4.67. The molecule has 0 unspecified atom stereocenters. The minimum Gasteiger partial charge on any atom is -0.497 e. The van der Waals surface area contributed by atoms with Gasteiger partial charge < -0.3 is 25.0 Å². The van der Waals surface area contributed by atoms with E-state index in [2.05, 4.69) is 27.7 Å². The van der Waals surface area contributed by atoms with Crippen LogP contribution < -0.4 is 20.1 Å². The number of methoxy groups -OCH3 is 2. The van der Waals surface area contributed by atoms with Gasteiger partial charge in [0.05, 0.1) is 26.1 Å². The average Bonchev–Trinajstić information content (AvgIpc) is 3.24. The van der Waals surface area contributed by atoms with Gasteiger partial charge in [0.1, 0.15) is 11.5 Å². The standard InChI is InChI=1S/C28H39N3O4/c1-34-20-8-7-19(23(17-20)35-2)18-30-27(33)25-22-10-9-21(28(22)11-12-28)24(25)26(32)29-13-3-4-14-31-15-5-6-16-31/h7-10,17,21-22,24-25H,3-6,11-16,18H2,1-2H3,(H,29,32)(H,30,33)/t21-,22+,24-,25-/m1/s1. The molecule has 0 radical (unpaired) electrons. The quantitative estimate of drug-likeness (QED) is 0.375. The summed E-state index contributed by atoms with van der Waals surface area (Å²) in [6, 6.07) is 5.59.